The minimum Gasteiger partial charge on any atom is -0.391 e. The van der Waals surface area contributed by atoms with Gasteiger partial charge in [-0.1, -0.05) is 0 Å². The van der Waals surface area contributed by atoms with E-state index in [1.54, 1.807) is 16.7 Å². The van der Waals surface area contributed by atoms with E-state index < -0.39 is 0 Å². The summed E-state index contributed by atoms with van der Waals surface area (Å²) in [6, 6.07) is 0. The molecule has 0 aromatic rings. The molecule has 2 saturated heterocycles. The minimum atomic E-state index is -0.369. The van der Waals surface area contributed by atoms with Gasteiger partial charge in [0.1, 0.15) is 0 Å². The van der Waals surface area contributed by atoms with Crippen molar-refractivity contribution >= 4 is 11.8 Å². The molecule has 2 rings (SSSR count). The fourth-order valence-electron chi connectivity index (χ4n) is 2.66. The number of β-amino-alcohol motifs (C(OH)–C–C–N with tert-alkyl or cyclic N) is 1. The number of nitrogens with zero attached hydrogens (tertiary/aromatic N) is 2. The van der Waals surface area contributed by atoms with Crippen molar-refractivity contribution < 1.29 is 14.7 Å². The normalized spacial score (nSPS) is 29.5. The van der Waals surface area contributed by atoms with Gasteiger partial charge in [-0.15, -0.1) is 0 Å². The van der Waals surface area contributed by atoms with Crippen LogP contribution in [0.4, 0.5) is 0 Å². The van der Waals surface area contributed by atoms with Gasteiger partial charge < -0.3 is 14.9 Å². The van der Waals surface area contributed by atoms with Crippen LogP contribution in [0.25, 0.3) is 0 Å². The van der Waals surface area contributed by atoms with Crippen molar-refractivity contribution in [2.45, 2.75) is 32.3 Å². The van der Waals surface area contributed by atoms with Crippen LogP contribution in [0.3, 0.4) is 0 Å². The number of hydrogen-bond donors (Lipinski definition) is 1. The second kappa shape index (κ2) is 5.04. The lowest BCUT2D eigenvalue weighted by Crippen LogP contribution is -2.45. The van der Waals surface area contributed by atoms with Gasteiger partial charge in [-0.05, 0) is 19.3 Å². The van der Waals surface area contributed by atoms with Crippen LogP contribution in [0.5, 0.6) is 0 Å². The lowest BCUT2D eigenvalue weighted by atomic mass is 9.96. The zero-order valence-corrected chi connectivity index (χ0v) is 10.3. The Morgan fingerprint density at radius 1 is 1.12 bits per heavy atom. The van der Waals surface area contributed by atoms with Crippen LogP contribution in [0.15, 0.2) is 0 Å². The van der Waals surface area contributed by atoms with Crippen LogP contribution < -0.4 is 0 Å². The third kappa shape index (κ3) is 2.77. The van der Waals surface area contributed by atoms with E-state index in [1.807, 2.05) is 0 Å². The summed E-state index contributed by atoms with van der Waals surface area (Å²) in [6.45, 7) is 3.96. The predicted molar refractivity (Wildman–Crippen MR) is 62.2 cm³/mol. The van der Waals surface area contributed by atoms with E-state index in [0.29, 0.717) is 26.1 Å². The molecule has 2 heterocycles. The zero-order chi connectivity index (χ0) is 12.4. The Morgan fingerprint density at radius 2 is 1.88 bits per heavy atom. The van der Waals surface area contributed by atoms with Gasteiger partial charge in [0.15, 0.2) is 0 Å². The topological polar surface area (TPSA) is 60.9 Å². The van der Waals surface area contributed by atoms with Crippen molar-refractivity contribution in [2.24, 2.45) is 5.92 Å². The van der Waals surface area contributed by atoms with Gasteiger partial charge in [0.25, 0.3) is 0 Å². The highest BCUT2D eigenvalue weighted by Gasteiger charge is 2.33. The molecule has 17 heavy (non-hydrogen) atoms. The van der Waals surface area contributed by atoms with Gasteiger partial charge in [0, 0.05) is 33.1 Å². The quantitative estimate of drug-likeness (QED) is 0.692. The summed E-state index contributed by atoms with van der Waals surface area (Å²) in [6.07, 6.45) is 2.06. The maximum Gasteiger partial charge on any atom is 0.227 e. The van der Waals surface area contributed by atoms with Crippen LogP contribution in [0.1, 0.15) is 26.2 Å². The molecule has 96 valence electrons. The summed E-state index contributed by atoms with van der Waals surface area (Å²) in [4.78, 5) is 27.0. The summed E-state index contributed by atoms with van der Waals surface area (Å²) >= 11 is 0. The van der Waals surface area contributed by atoms with Gasteiger partial charge in [-0.3, -0.25) is 9.59 Å². The van der Waals surface area contributed by atoms with Crippen LogP contribution >= 0.6 is 0 Å². The number of aliphatic hydroxyl groups excluding tert-OH is 1. The van der Waals surface area contributed by atoms with Crippen molar-refractivity contribution in [3.05, 3.63) is 0 Å². The fourth-order valence-corrected chi connectivity index (χ4v) is 2.66. The molecular formula is C12H20N2O3. The molecule has 0 aliphatic carbocycles. The first-order valence-electron chi connectivity index (χ1n) is 6.30. The maximum atomic E-state index is 12.2. The summed E-state index contributed by atoms with van der Waals surface area (Å²) in [5.74, 6) is 0.0782. The second-order valence-electron chi connectivity index (χ2n) is 5.03. The smallest absolute Gasteiger partial charge is 0.227 e. The molecule has 0 aromatic carbocycles. The van der Waals surface area contributed by atoms with Gasteiger partial charge in [-0.2, -0.15) is 0 Å². The van der Waals surface area contributed by atoms with Crippen LogP contribution in [-0.2, 0) is 9.59 Å². The highest BCUT2D eigenvalue weighted by molar-refractivity contribution is 5.81. The molecule has 0 radical (unpaired) electrons. The highest BCUT2D eigenvalue weighted by atomic mass is 16.3. The van der Waals surface area contributed by atoms with E-state index in [1.165, 1.54) is 0 Å². The Kier molecular flexibility index (Phi) is 3.66. The zero-order valence-electron chi connectivity index (χ0n) is 10.3. The van der Waals surface area contributed by atoms with E-state index in [2.05, 4.69) is 0 Å². The minimum absolute atomic E-state index is 0.0453. The first kappa shape index (κ1) is 12.4. The largest absolute Gasteiger partial charge is 0.391 e. The molecule has 5 heteroatoms. The lowest BCUT2D eigenvalue weighted by molar-refractivity contribution is -0.139. The molecule has 0 saturated carbocycles. The molecule has 2 aliphatic heterocycles. The maximum absolute atomic E-state index is 12.2. The number of carbonyl (C=O) groups excluding carboxylic acids is 2. The summed E-state index contributed by atoms with van der Waals surface area (Å²) in [7, 11) is 0. The van der Waals surface area contributed by atoms with Gasteiger partial charge in [-0.25, -0.2) is 0 Å². The molecular weight excluding hydrogens is 220 g/mol. The van der Waals surface area contributed by atoms with E-state index in [-0.39, 0.29) is 23.8 Å². The standard InChI is InChI=1S/C12H20N2O3/c1-9(15)13-5-2-3-10(7-13)12(17)14-6-4-11(16)8-14/h10-11,16H,2-8H2,1H3/t10?,11-/m1/s1. The number of likely N-dealkylation sites (tertiary alicyclic amines) is 2. The van der Waals surface area contributed by atoms with Crippen molar-refractivity contribution in [3.63, 3.8) is 0 Å². The number of aliphatic hydroxyl groups is 1. The van der Waals surface area contributed by atoms with Crippen molar-refractivity contribution in [2.75, 3.05) is 26.2 Å². The second-order valence-corrected chi connectivity index (χ2v) is 5.03. The van der Waals surface area contributed by atoms with Gasteiger partial charge in [0.2, 0.25) is 11.8 Å². The lowest BCUT2D eigenvalue weighted by Gasteiger charge is -2.33. The summed E-state index contributed by atoms with van der Waals surface area (Å²) in [5, 5.41) is 9.43. The third-order valence-corrected chi connectivity index (χ3v) is 3.69. The van der Waals surface area contributed by atoms with Gasteiger partial charge in [0.05, 0.1) is 12.0 Å². The average molecular weight is 240 g/mol. The molecule has 2 aliphatic rings. The first-order chi connectivity index (χ1) is 8.08. The van der Waals surface area contributed by atoms with Crippen LogP contribution in [0, 0.1) is 5.92 Å². The van der Waals surface area contributed by atoms with E-state index in [4.69, 9.17) is 0 Å². The molecule has 0 bridgehead atoms. The Labute approximate surface area is 101 Å². The number of rotatable bonds is 1. The van der Waals surface area contributed by atoms with Crippen molar-refractivity contribution in [1.29, 1.82) is 0 Å². The van der Waals surface area contributed by atoms with E-state index in [0.717, 1.165) is 19.4 Å². The molecule has 5 nitrogen and oxygen atoms in total. The van der Waals surface area contributed by atoms with Gasteiger partial charge >= 0.3 is 0 Å². The monoisotopic (exact) mass is 240 g/mol. The molecule has 2 amide bonds. The molecule has 2 atom stereocenters. The Bertz CT molecular complexity index is 319. The molecule has 1 unspecified atom stereocenters. The molecule has 1 N–H and O–H groups in total. The summed E-state index contributed by atoms with van der Waals surface area (Å²) in [5.41, 5.74) is 0. The summed E-state index contributed by atoms with van der Waals surface area (Å²) < 4.78 is 0. The average Bonchev–Trinajstić information content (AvgIpc) is 2.75. The Morgan fingerprint density at radius 3 is 2.47 bits per heavy atom. The highest BCUT2D eigenvalue weighted by Crippen LogP contribution is 2.21. The number of piperidine rings is 1. The number of carbonyl (C=O) groups is 2. The van der Waals surface area contributed by atoms with E-state index in [9.17, 15) is 14.7 Å². The SMILES string of the molecule is CC(=O)N1CCCC(C(=O)N2CC[C@@H](O)C2)C1. The number of hydrogen-bond acceptors (Lipinski definition) is 3. The molecule has 2 fully saturated rings. The van der Waals surface area contributed by atoms with Crippen LogP contribution in [0.2, 0.25) is 0 Å². The van der Waals surface area contributed by atoms with E-state index >= 15 is 0 Å². The number of amides is 2. The van der Waals surface area contributed by atoms with Crippen LogP contribution in [-0.4, -0.2) is 59.0 Å². The third-order valence-electron chi connectivity index (χ3n) is 3.69. The molecule has 0 spiro atoms. The van der Waals surface area contributed by atoms with Crippen molar-refractivity contribution in [3.8, 4) is 0 Å². The van der Waals surface area contributed by atoms with Crippen molar-refractivity contribution in [1.82, 2.24) is 9.80 Å². The Balaban J connectivity index is 1.93. The predicted octanol–water partition coefficient (Wildman–Crippen LogP) is -0.162. The Hall–Kier alpha value is -1.10. The fraction of sp³-hybridized carbons (Fsp3) is 0.833. The molecule has 0 aromatic heterocycles. The first-order valence-corrected chi connectivity index (χ1v) is 6.30.